The summed E-state index contributed by atoms with van der Waals surface area (Å²) in [7, 11) is 1.62. The lowest BCUT2D eigenvalue weighted by atomic mass is 10.3. The topological polar surface area (TPSA) is 78.3 Å². The third-order valence-electron chi connectivity index (χ3n) is 1.87. The van der Waals surface area contributed by atoms with Crippen molar-refractivity contribution in [2.24, 2.45) is 5.73 Å². The molecule has 0 aliphatic rings. The third kappa shape index (κ3) is 2.14. The molecule has 1 atom stereocenters. The number of aromatic nitrogens is 4. The Labute approximate surface area is 91.1 Å². The Morgan fingerprint density at radius 3 is 3.00 bits per heavy atom. The van der Waals surface area contributed by atoms with Crippen LogP contribution in [0.3, 0.4) is 0 Å². The SMILES string of the molecule is COCc1nnc2sc(CC(C)N)nn12. The van der Waals surface area contributed by atoms with Gasteiger partial charge in [0.25, 0.3) is 0 Å². The highest BCUT2D eigenvalue weighted by Gasteiger charge is 2.11. The lowest BCUT2D eigenvalue weighted by Crippen LogP contribution is -2.17. The number of hydrogen-bond donors (Lipinski definition) is 1. The summed E-state index contributed by atoms with van der Waals surface area (Å²) in [5.41, 5.74) is 5.71. The van der Waals surface area contributed by atoms with Gasteiger partial charge in [0.1, 0.15) is 11.6 Å². The van der Waals surface area contributed by atoms with Gasteiger partial charge in [0, 0.05) is 19.6 Å². The second-order valence-electron chi connectivity index (χ2n) is 3.42. The van der Waals surface area contributed by atoms with Crippen molar-refractivity contribution in [2.45, 2.75) is 26.0 Å². The van der Waals surface area contributed by atoms with E-state index < -0.39 is 0 Å². The zero-order valence-electron chi connectivity index (χ0n) is 8.67. The molecule has 2 heterocycles. The summed E-state index contributed by atoms with van der Waals surface area (Å²) in [6.07, 6.45) is 0.764. The van der Waals surface area contributed by atoms with Gasteiger partial charge >= 0.3 is 0 Å². The van der Waals surface area contributed by atoms with Gasteiger partial charge in [-0.25, -0.2) is 0 Å². The molecule has 7 heteroatoms. The minimum Gasteiger partial charge on any atom is -0.377 e. The van der Waals surface area contributed by atoms with Gasteiger partial charge in [-0.15, -0.1) is 10.2 Å². The summed E-state index contributed by atoms with van der Waals surface area (Å²) in [4.78, 5) is 0.790. The van der Waals surface area contributed by atoms with Crippen molar-refractivity contribution in [1.29, 1.82) is 0 Å². The predicted molar refractivity (Wildman–Crippen MR) is 56.7 cm³/mol. The van der Waals surface area contributed by atoms with E-state index in [1.54, 1.807) is 11.6 Å². The largest absolute Gasteiger partial charge is 0.377 e. The predicted octanol–water partition coefficient (Wildman–Crippen LogP) is 0.222. The highest BCUT2D eigenvalue weighted by Crippen LogP contribution is 2.15. The smallest absolute Gasteiger partial charge is 0.234 e. The van der Waals surface area contributed by atoms with Gasteiger partial charge in [-0.1, -0.05) is 11.3 Å². The van der Waals surface area contributed by atoms with Gasteiger partial charge < -0.3 is 10.5 Å². The summed E-state index contributed by atoms with van der Waals surface area (Å²) < 4.78 is 6.72. The van der Waals surface area contributed by atoms with Crippen LogP contribution in [0, 0.1) is 0 Å². The maximum absolute atomic E-state index is 5.71. The van der Waals surface area contributed by atoms with Crippen molar-refractivity contribution >= 4 is 16.3 Å². The average Bonchev–Trinajstić information content (AvgIpc) is 2.67. The van der Waals surface area contributed by atoms with E-state index in [0.29, 0.717) is 6.61 Å². The molecular weight excluding hydrogens is 214 g/mol. The van der Waals surface area contributed by atoms with Crippen molar-refractivity contribution in [1.82, 2.24) is 19.8 Å². The van der Waals surface area contributed by atoms with Crippen molar-refractivity contribution < 1.29 is 4.74 Å². The molecule has 2 aromatic heterocycles. The van der Waals surface area contributed by atoms with E-state index in [9.17, 15) is 0 Å². The molecule has 0 bridgehead atoms. The highest BCUT2D eigenvalue weighted by atomic mass is 32.1. The molecule has 6 nitrogen and oxygen atoms in total. The molecule has 2 N–H and O–H groups in total. The Morgan fingerprint density at radius 1 is 1.53 bits per heavy atom. The van der Waals surface area contributed by atoms with Crippen LogP contribution in [-0.4, -0.2) is 33.0 Å². The summed E-state index contributed by atoms with van der Waals surface area (Å²) in [6, 6.07) is 0.111. The maximum Gasteiger partial charge on any atom is 0.234 e. The fourth-order valence-corrected chi connectivity index (χ4v) is 2.27. The van der Waals surface area contributed by atoms with E-state index in [2.05, 4.69) is 15.3 Å². The number of fused-ring (bicyclic) bond motifs is 1. The molecule has 0 aliphatic heterocycles. The first-order valence-corrected chi connectivity index (χ1v) is 5.47. The Balaban J connectivity index is 2.30. The lowest BCUT2D eigenvalue weighted by Gasteiger charge is -1.98. The fourth-order valence-electron chi connectivity index (χ4n) is 1.27. The molecule has 0 saturated heterocycles. The normalized spacial score (nSPS) is 13.5. The molecule has 15 heavy (non-hydrogen) atoms. The van der Waals surface area contributed by atoms with Crippen LogP contribution in [0.5, 0.6) is 0 Å². The van der Waals surface area contributed by atoms with Crippen LogP contribution in [0.15, 0.2) is 0 Å². The molecule has 0 saturated carbocycles. The van der Waals surface area contributed by atoms with Crippen LogP contribution < -0.4 is 5.73 Å². The molecule has 2 aromatic rings. The second-order valence-corrected chi connectivity index (χ2v) is 4.46. The van der Waals surface area contributed by atoms with Crippen molar-refractivity contribution in [3.05, 3.63) is 10.8 Å². The zero-order chi connectivity index (χ0) is 10.8. The first-order chi connectivity index (χ1) is 7.20. The number of methoxy groups -OCH3 is 1. The molecule has 82 valence electrons. The highest BCUT2D eigenvalue weighted by molar-refractivity contribution is 7.16. The van der Waals surface area contributed by atoms with Gasteiger partial charge in [-0.2, -0.15) is 9.61 Å². The standard InChI is InChI=1S/C8H13N5OS/c1-5(9)3-7-12-13-6(4-14-2)10-11-8(13)15-7/h5H,3-4,9H2,1-2H3. The van der Waals surface area contributed by atoms with Crippen LogP contribution in [-0.2, 0) is 17.8 Å². The van der Waals surface area contributed by atoms with Gasteiger partial charge in [-0.05, 0) is 6.92 Å². The Hall–Kier alpha value is -1.05. The molecule has 0 fully saturated rings. The molecule has 0 aromatic carbocycles. The summed E-state index contributed by atoms with van der Waals surface area (Å²) in [5.74, 6) is 0.722. The van der Waals surface area contributed by atoms with Crippen molar-refractivity contribution in [3.63, 3.8) is 0 Å². The molecule has 1 unspecified atom stereocenters. The van der Waals surface area contributed by atoms with E-state index in [0.717, 1.165) is 22.2 Å². The zero-order valence-corrected chi connectivity index (χ0v) is 9.49. The molecular formula is C8H13N5OS. The van der Waals surface area contributed by atoms with E-state index in [1.165, 1.54) is 11.3 Å². The molecule has 0 radical (unpaired) electrons. The Morgan fingerprint density at radius 2 is 2.33 bits per heavy atom. The van der Waals surface area contributed by atoms with E-state index in [4.69, 9.17) is 10.5 Å². The molecule has 0 spiro atoms. The van der Waals surface area contributed by atoms with Gasteiger partial charge in [0.15, 0.2) is 5.82 Å². The number of ether oxygens (including phenoxy) is 1. The van der Waals surface area contributed by atoms with Crippen LogP contribution in [0.25, 0.3) is 4.96 Å². The molecule has 0 aliphatic carbocycles. The third-order valence-corrected chi connectivity index (χ3v) is 2.79. The van der Waals surface area contributed by atoms with E-state index in [-0.39, 0.29) is 6.04 Å². The summed E-state index contributed by atoms with van der Waals surface area (Å²) >= 11 is 1.51. The van der Waals surface area contributed by atoms with Crippen LogP contribution in [0.1, 0.15) is 17.8 Å². The number of nitrogens with zero attached hydrogens (tertiary/aromatic N) is 4. The number of rotatable bonds is 4. The lowest BCUT2D eigenvalue weighted by molar-refractivity contribution is 0.176. The number of nitrogens with two attached hydrogens (primary N) is 1. The first kappa shape index (κ1) is 10.5. The van der Waals surface area contributed by atoms with E-state index >= 15 is 0 Å². The minimum absolute atomic E-state index is 0.111. The Kier molecular flexibility index (Phi) is 2.94. The van der Waals surface area contributed by atoms with Gasteiger partial charge in [0.2, 0.25) is 4.96 Å². The van der Waals surface area contributed by atoms with Gasteiger partial charge in [0.05, 0.1) is 0 Å². The minimum atomic E-state index is 0.111. The quantitative estimate of drug-likeness (QED) is 0.808. The van der Waals surface area contributed by atoms with Crippen LogP contribution >= 0.6 is 11.3 Å². The monoisotopic (exact) mass is 227 g/mol. The molecule has 0 amide bonds. The maximum atomic E-state index is 5.71. The first-order valence-electron chi connectivity index (χ1n) is 4.65. The van der Waals surface area contributed by atoms with Crippen molar-refractivity contribution in [2.75, 3.05) is 7.11 Å². The van der Waals surface area contributed by atoms with Crippen LogP contribution in [0.2, 0.25) is 0 Å². The summed E-state index contributed by atoms with van der Waals surface area (Å²) in [6.45, 7) is 2.38. The number of hydrogen-bond acceptors (Lipinski definition) is 6. The fraction of sp³-hybridized carbons (Fsp3) is 0.625. The van der Waals surface area contributed by atoms with Crippen molar-refractivity contribution in [3.8, 4) is 0 Å². The average molecular weight is 227 g/mol. The second kappa shape index (κ2) is 4.21. The Bertz CT molecular complexity index is 449. The van der Waals surface area contributed by atoms with Crippen LogP contribution in [0.4, 0.5) is 0 Å². The van der Waals surface area contributed by atoms with Gasteiger partial charge in [-0.3, -0.25) is 0 Å². The molecule has 2 rings (SSSR count). The van der Waals surface area contributed by atoms with E-state index in [1.807, 2.05) is 6.92 Å². The summed E-state index contributed by atoms with van der Waals surface area (Å²) in [5, 5.41) is 13.3.